The second-order valence-electron chi connectivity index (χ2n) is 4.83. The number of rotatable bonds is 4. The summed E-state index contributed by atoms with van der Waals surface area (Å²) in [5.74, 6) is 0.372. The molecule has 1 aliphatic rings. The van der Waals surface area contributed by atoms with E-state index in [2.05, 4.69) is 22.8 Å². The first kappa shape index (κ1) is 12.8. The Bertz CT molecular complexity index is 628. The van der Waals surface area contributed by atoms with E-state index in [0.717, 1.165) is 18.5 Å². The fourth-order valence-corrected chi connectivity index (χ4v) is 2.52. The van der Waals surface area contributed by atoms with Crippen molar-refractivity contribution >= 4 is 11.4 Å². The highest BCUT2D eigenvalue weighted by atomic mass is 19.1. The standard InChI is InChI=1S/C16H17FN2O/c1-20-13-5-6-14(17)15(9-13)19-10-12-4-2-3-11-7-8-18-16(11)12/h2-6,9,18-19H,7-8,10H2,1H3. The molecule has 0 spiro atoms. The molecule has 2 aromatic carbocycles. The lowest BCUT2D eigenvalue weighted by Gasteiger charge is -2.12. The van der Waals surface area contributed by atoms with Crippen LogP contribution in [0.1, 0.15) is 11.1 Å². The lowest BCUT2D eigenvalue weighted by atomic mass is 10.1. The highest BCUT2D eigenvalue weighted by molar-refractivity contribution is 5.62. The molecule has 0 saturated carbocycles. The van der Waals surface area contributed by atoms with E-state index in [1.807, 2.05) is 6.07 Å². The van der Waals surface area contributed by atoms with Crippen LogP contribution >= 0.6 is 0 Å². The number of anilines is 2. The van der Waals surface area contributed by atoms with Crippen LogP contribution in [0.4, 0.5) is 15.8 Å². The first-order chi connectivity index (χ1) is 9.78. The van der Waals surface area contributed by atoms with Crippen LogP contribution in [-0.2, 0) is 13.0 Å². The third kappa shape index (κ3) is 2.41. The third-order valence-electron chi connectivity index (χ3n) is 3.58. The van der Waals surface area contributed by atoms with Gasteiger partial charge in [0, 0.05) is 24.8 Å². The molecule has 0 fully saturated rings. The van der Waals surface area contributed by atoms with Gasteiger partial charge in [-0.2, -0.15) is 0 Å². The summed E-state index contributed by atoms with van der Waals surface area (Å²) in [4.78, 5) is 0. The van der Waals surface area contributed by atoms with Crippen molar-refractivity contribution in [2.45, 2.75) is 13.0 Å². The summed E-state index contributed by atoms with van der Waals surface area (Å²) >= 11 is 0. The predicted octanol–water partition coefficient (Wildman–Crippen LogP) is 3.41. The highest BCUT2D eigenvalue weighted by Crippen LogP contribution is 2.28. The van der Waals surface area contributed by atoms with Gasteiger partial charge in [-0.25, -0.2) is 4.39 Å². The van der Waals surface area contributed by atoms with Gasteiger partial charge in [-0.1, -0.05) is 18.2 Å². The largest absolute Gasteiger partial charge is 0.497 e. The average molecular weight is 272 g/mol. The molecule has 0 bridgehead atoms. The van der Waals surface area contributed by atoms with Crippen LogP contribution in [0.25, 0.3) is 0 Å². The maximum Gasteiger partial charge on any atom is 0.146 e. The third-order valence-corrected chi connectivity index (χ3v) is 3.58. The Morgan fingerprint density at radius 1 is 1.30 bits per heavy atom. The molecule has 0 aromatic heterocycles. The van der Waals surface area contributed by atoms with E-state index in [4.69, 9.17) is 4.74 Å². The molecular formula is C16H17FN2O. The van der Waals surface area contributed by atoms with E-state index in [0.29, 0.717) is 18.0 Å². The number of nitrogens with one attached hydrogen (secondary N) is 2. The number of methoxy groups -OCH3 is 1. The van der Waals surface area contributed by atoms with Crippen molar-refractivity contribution in [1.82, 2.24) is 0 Å². The quantitative estimate of drug-likeness (QED) is 0.894. The van der Waals surface area contributed by atoms with Crippen molar-refractivity contribution in [3.8, 4) is 5.75 Å². The second kappa shape index (κ2) is 5.41. The molecule has 3 rings (SSSR count). The van der Waals surface area contributed by atoms with Crippen molar-refractivity contribution in [2.75, 3.05) is 24.3 Å². The highest BCUT2D eigenvalue weighted by Gasteiger charge is 2.13. The van der Waals surface area contributed by atoms with E-state index >= 15 is 0 Å². The summed E-state index contributed by atoms with van der Waals surface area (Å²) in [6.07, 6.45) is 1.05. The minimum atomic E-state index is -0.272. The number of hydrogen-bond donors (Lipinski definition) is 2. The molecule has 2 aromatic rings. The van der Waals surface area contributed by atoms with E-state index in [9.17, 15) is 4.39 Å². The Labute approximate surface area is 117 Å². The summed E-state index contributed by atoms with van der Waals surface area (Å²) in [5.41, 5.74) is 4.13. The molecule has 0 radical (unpaired) electrons. The van der Waals surface area contributed by atoms with Gasteiger partial charge < -0.3 is 15.4 Å². The predicted molar refractivity (Wildman–Crippen MR) is 78.9 cm³/mol. The fourth-order valence-electron chi connectivity index (χ4n) is 2.52. The molecule has 4 heteroatoms. The molecule has 0 unspecified atom stereocenters. The second-order valence-corrected chi connectivity index (χ2v) is 4.83. The van der Waals surface area contributed by atoms with Crippen LogP contribution in [0.2, 0.25) is 0 Å². The molecule has 0 aliphatic carbocycles. The normalized spacial score (nSPS) is 12.7. The van der Waals surface area contributed by atoms with Crippen LogP contribution in [0.5, 0.6) is 5.75 Å². The van der Waals surface area contributed by atoms with Crippen molar-refractivity contribution in [3.05, 3.63) is 53.3 Å². The smallest absolute Gasteiger partial charge is 0.146 e. The SMILES string of the molecule is COc1ccc(F)c(NCc2cccc3c2NCC3)c1. The topological polar surface area (TPSA) is 33.3 Å². The van der Waals surface area contributed by atoms with Crippen LogP contribution in [0.3, 0.4) is 0 Å². The lowest BCUT2D eigenvalue weighted by molar-refractivity contribution is 0.414. The lowest BCUT2D eigenvalue weighted by Crippen LogP contribution is -2.04. The summed E-state index contributed by atoms with van der Waals surface area (Å²) in [6, 6.07) is 10.9. The Morgan fingerprint density at radius 3 is 3.05 bits per heavy atom. The molecule has 20 heavy (non-hydrogen) atoms. The van der Waals surface area contributed by atoms with Crippen molar-refractivity contribution in [1.29, 1.82) is 0 Å². The van der Waals surface area contributed by atoms with E-state index in [-0.39, 0.29) is 5.82 Å². The molecule has 0 atom stereocenters. The zero-order chi connectivity index (χ0) is 13.9. The molecular weight excluding hydrogens is 255 g/mol. The first-order valence-electron chi connectivity index (χ1n) is 6.70. The number of halogens is 1. The molecule has 104 valence electrons. The van der Waals surface area contributed by atoms with Gasteiger partial charge in [0.2, 0.25) is 0 Å². The molecule has 3 nitrogen and oxygen atoms in total. The monoisotopic (exact) mass is 272 g/mol. The van der Waals surface area contributed by atoms with Gasteiger partial charge in [-0.15, -0.1) is 0 Å². The van der Waals surface area contributed by atoms with Crippen LogP contribution < -0.4 is 15.4 Å². The fraction of sp³-hybridized carbons (Fsp3) is 0.250. The summed E-state index contributed by atoms with van der Waals surface area (Å²) in [5, 5.41) is 6.52. The van der Waals surface area contributed by atoms with Gasteiger partial charge in [-0.3, -0.25) is 0 Å². The van der Waals surface area contributed by atoms with Crippen LogP contribution in [0.15, 0.2) is 36.4 Å². The summed E-state index contributed by atoms with van der Waals surface area (Å²) < 4.78 is 18.9. The van der Waals surface area contributed by atoms with E-state index < -0.39 is 0 Å². The van der Waals surface area contributed by atoms with Gasteiger partial charge >= 0.3 is 0 Å². The zero-order valence-electron chi connectivity index (χ0n) is 11.4. The van der Waals surface area contributed by atoms with Crippen molar-refractivity contribution < 1.29 is 9.13 Å². The van der Waals surface area contributed by atoms with E-state index in [1.165, 1.54) is 17.3 Å². The Morgan fingerprint density at radius 2 is 2.20 bits per heavy atom. The molecule has 1 heterocycles. The minimum Gasteiger partial charge on any atom is -0.497 e. The van der Waals surface area contributed by atoms with Gasteiger partial charge in [0.25, 0.3) is 0 Å². The minimum absolute atomic E-state index is 0.272. The van der Waals surface area contributed by atoms with Gasteiger partial charge in [-0.05, 0) is 29.7 Å². The summed E-state index contributed by atoms with van der Waals surface area (Å²) in [6.45, 7) is 1.56. The average Bonchev–Trinajstić information content (AvgIpc) is 2.95. The number of benzene rings is 2. The summed E-state index contributed by atoms with van der Waals surface area (Å²) in [7, 11) is 1.57. The molecule has 0 amide bonds. The van der Waals surface area contributed by atoms with Gasteiger partial charge in [0.05, 0.1) is 12.8 Å². The first-order valence-corrected chi connectivity index (χ1v) is 6.70. The Balaban J connectivity index is 1.79. The maximum absolute atomic E-state index is 13.7. The number of hydrogen-bond acceptors (Lipinski definition) is 3. The molecule has 0 saturated heterocycles. The van der Waals surface area contributed by atoms with Crippen molar-refractivity contribution in [2.24, 2.45) is 0 Å². The van der Waals surface area contributed by atoms with Gasteiger partial charge in [0.1, 0.15) is 11.6 Å². The number of ether oxygens (including phenoxy) is 1. The van der Waals surface area contributed by atoms with Crippen LogP contribution in [0, 0.1) is 5.82 Å². The maximum atomic E-state index is 13.7. The van der Waals surface area contributed by atoms with Gasteiger partial charge in [0.15, 0.2) is 0 Å². The van der Waals surface area contributed by atoms with Crippen molar-refractivity contribution in [3.63, 3.8) is 0 Å². The zero-order valence-corrected chi connectivity index (χ0v) is 11.4. The van der Waals surface area contributed by atoms with Crippen LogP contribution in [-0.4, -0.2) is 13.7 Å². The number of fused-ring (bicyclic) bond motifs is 1. The number of para-hydroxylation sites is 1. The molecule has 1 aliphatic heterocycles. The Hall–Kier alpha value is -2.23. The van der Waals surface area contributed by atoms with E-state index in [1.54, 1.807) is 19.2 Å². The molecule has 2 N–H and O–H groups in total. The Kier molecular flexibility index (Phi) is 3.46.